The van der Waals surface area contributed by atoms with E-state index in [9.17, 15) is 5.11 Å². The molecule has 13 heavy (non-hydrogen) atoms. The zero-order chi connectivity index (χ0) is 9.68. The van der Waals surface area contributed by atoms with Crippen molar-refractivity contribution in [3.05, 3.63) is 29.3 Å². The van der Waals surface area contributed by atoms with Crippen molar-refractivity contribution in [2.24, 2.45) is 0 Å². The Balaban J connectivity index is 2.53. The monoisotopic (exact) mass is 196 g/mol. The fraction of sp³-hybridized carbons (Fsp3) is 0.455. The van der Waals surface area contributed by atoms with E-state index in [2.05, 4.69) is 13.0 Å². The first-order valence-electron chi connectivity index (χ1n) is 4.60. The van der Waals surface area contributed by atoms with Gasteiger partial charge in [0.2, 0.25) is 0 Å². The summed E-state index contributed by atoms with van der Waals surface area (Å²) in [6, 6.07) is 5.91. The molecule has 0 unspecified atom stereocenters. The van der Waals surface area contributed by atoms with Crippen LogP contribution in [0.4, 0.5) is 0 Å². The van der Waals surface area contributed by atoms with E-state index in [-0.39, 0.29) is 0 Å². The highest BCUT2D eigenvalue weighted by Gasteiger charge is 1.97. The van der Waals surface area contributed by atoms with Crippen LogP contribution in [0, 0.1) is 6.92 Å². The molecule has 0 aliphatic heterocycles. The number of hydrogen-bond donors (Lipinski definition) is 1. The van der Waals surface area contributed by atoms with E-state index in [1.165, 1.54) is 17.7 Å². The van der Waals surface area contributed by atoms with Gasteiger partial charge in [-0.25, -0.2) is 0 Å². The summed E-state index contributed by atoms with van der Waals surface area (Å²) in [5.74, 6) is 2.60. The van der Waals surface area contributed by atoms with Crippen LogP contribution in [0.2, 0.25) is 0 Å². The molecule has 0 amide bonds. The van der Waals surface area contributed by atoms with Gasteiger partial charge in [0, 0.05) is 5.75 Å². The number of aryl methyl sites for hydroxylation is 1. The summed E-state index contributed by atoms with van der Waals surface area (Å²) in [4.78, 5) is 0. The summed E-state index contributed by atoms with van der Waals surface area (Å²) in [5.41, 5.74) is 2.16. The van der Waals surface area contributed by atoms with E-state index < -0.39 is 0 Å². The Morgan fingerprint density at radius 3 is 2.77 bits per heavy atom. The molecule has 0 saturated carbocycles. The molecule has 1 N–H and O–H groups in total. The van der Waals surface area contributed by atoms with Crippen molar-refractivity contribution >= 4 is 11.8 Å². The molecular formula is C11H16OS. The fourth-order valence-corrected chi connectivity index (χ4v) is 1.93. The lowest BCUT2D eigenvalue weighted by Gasteiger charge is -2.03. The van der Waals surface area contributed by atoms with Crippen molar-refractivity contribution in [1.29, 1.82) is 0 Å². The maximum atomic E-state index is 9.45. The van der Waals surface area contributed by atoms with Gasteiger partial charge in [0.15, 0.2) is 0 Å². The van der Waals surface area contributed by atoms with Crippen LogP contribution in [0.1, 0.15) is 24.5 Å². The minimum atomic E-state index is 0.412. The SMILES string of the molecule is CCCSCc1ccc(C)c(O)c1. The zero-order valence-corrected chi connectivity index (χ0v) is 9.03. The van der Waals surface area contributed by atoms with E-state index in [0.717, 1.165) is 11.3 Å². The molecule has 1 aromatic carbocycles. The summed E-state index contributed by atoms with van der Waals surface area (Å²) in [7, 11) is 0. The Hall–Kier alpha value is -0.630. The zero-order valence-electron chi connectivity index (χ0n) is 8.21. The summed E-state index contributed by atoms with van der Waals surface area (Å²) >= 11 is 1.91. The van der Waals surface area contributed by atoms with E-state index in [1.54, 1.807) is 0 Å². The second-order valence-corrected chi connectivity index (χ2v) is 4.28. The topological polar surface area (TPSA) is 20.2 Å². The van der Waals surface area contributed by atoms with E-state index in [1.807, 2.05) is 30.8 Å². The van der Waals surface area contributed by atoms with Crippen molar-refractivity contribution in [3.63, 3.8) is 0 Å². The molecule has 1 aromatic rings. The van der Waals surface area contributed by atoms with Crippen LogP contribution in [-0.2, 0) is 5.75 Å². The normalized spacial score (nSPS) is 10.3. The van der Waals surface area contributed by atoms with Crippen molar-refractivity contribution in [1.82, 2.24) is 0 Å². The third kappa shape index (κ3) is 3.31. The van der Waals surface area contributed by atoms with Crippen molar-refractivity contribution in [3.8, 4) is 5.75 Å². The molecule has 0 fully saturated rings. The Morgan fingerprint density at radius 1 is 1.38 bits per heavy atom. The highest BCUT2D eigenvalue weighted by Crippen LogP contribution is 2.20. The summed E-state index contributed by atoms with van der Waals surface area (Å²) in [6.07, 6.45) is 1.21. The number of thioether (sulfide) groups is 1. The van der Waals surface area contributed by atoms with Crippen LogP contribution >= 0.6 is 11.8 Å². The summed E-state index contributed by atoms with van der Waals surface area (Å²) in [5, 5.41) is 9.45. The van der Waals surface area contributed by atoms with Crippen LogP contribution in [0.3, 0.4) is 0 Å². The van der Waals surface area contributed by atoms with Crippen molar-refractivity contribution in [2.45, 2.75) is 26.0 Å². The van der Waals surface area contributed by atoms with Crippen LogP contribution in [0.5, 0.6) is 5.75 Å². The van der Waals surface area contributed by atoms with Crippen LogP contribution in [-0.4, -0.2) is 10.9 Å². The lowest BCUT2D eigenvalue weighted by atomic mass is 10.1. The number of benzene rings is 1. The molecule has 0 spiro atoms. The Kier molecular flexibility index (Phi) is 4.16. The second-order valence-electron chi connectivity index (χ2n) is 3.17. The number of aromatic hydroxyl groups is 1. The maximum Gasteiger partial charge on any atom is 0.118 e. The second kappa shape index (κ2) is 5.18. The molecule has 1 rings (SSSR count). The predicted molar refractivity (Wildman–Crippen MR) is 59.3 cm³/mol. The quantitative estimate of drug-likeness (QED) is 0.745. The number of rotatable bonds is 4. The van der Waals surface area contributed by atoms with Gasteiger partial charge in [-0.1, -0.05) is 19.1 Å². The first kappa shape index (κ1) is 10.5. The van der Waals surface area contributed by atoms with Gasteiger partial charge < -0.3 is 5.11 Å². The van der Waals surface area contributed by atoms with Crippen LogP contribution in [0.25, 0.3) is 0 Å². The van der Waals surface area contributed by atoms with Gasteiger partial charge in [-0.15, -0.1) is 0 Å². The molecule has 2 heteroatoms. The molecule has 0 aliphatic carbocycles. The molecule has 0 aliphatic rings. The standard InChI is InChI=1S/C11H16OS/c1-3-6-13-8-10-5-4-9(2)11(12)7-10/h4-5,7,12H,3,6,8H2,1-2H3. The Morgan fingerprint density at radius 2 is 2.15 bits per heavy atom. The minimum Gasteiger partial charge on any atom is -0.508 e. The highest BCUT2D eigenvalue weighted by molar-refractivity contribution is 7.98. The molecule has 0 aromatic heterocycles. The number of phenolic OH excluding ortho intramolecular Hbond substituents is 1. The van der Waals surface area contributed by atoms with Gasteiger partial charge in [0.1, 0.15) is 5.75 Å². The van der Waals surface area contributed by atoms with E-state index in [4.69, 9.17) is 0 Å². The summed E-state index contributed by atoms with van der Waals surface area (Å²) in [6.45, 7) is 4.10. The third-order valence-corrected chi connectivity index (χ3v) is 3.13. The Labute approximate surface area is 84.2 Å². The molecule has 0 radical (unpaired) electrons. The van der Waals surface area contributed by atoms with Gasteiger partial charge in [0.25, 0.3) is 0 Å². The molecule has 0 bridgehead atoms. The first-order valence-corrected chi connectivity index (χ1v) is 5.75. The van der Waals surface area contributed by atoms with Crippen LogP contribution < -0.4 is 0 Å². The number of hydrogen-bond acceptors (Lipinski definition) is 2. The van der Waals surface area contributed by atoms with Crippen LogP contribution in [0.15, 0.2) is 18.2 Å². The molecular weight excluding hydrogens is 180 g/mol. The van der Waals surface area contributed by atoms with Gasteiger partial charge in [0.05, 0.1) is 0 Å². The minimum absolute atomic E-state index is 0.412. The lowest BCUT2D eigenvalue weighted by molar-refractivity contribution is 0.470. The average Bonchev–Trinajstić information content (AvgIpc) is 2.12. The van der Waals surface area contributed by atoms with Gasteiger partial charge in [-0.2, -0.15) is 11.8 Å². The van der Waals surface area contributed by atoms with Gasteiger partial charge in [-0.3, -0.25) is 0 Å². The predicted octanol–water partition coefficient (Wildman–Crippen LogP) is 3.34. The molecule has 1 nitrogen and oxygen atoms in total. The average molecular weight is 196 g/mol. The van der Waals surface area contributed by atoms with Gasteiger partial charge >= 0.3 is 0 Å². The largest absolute Gasteiger partial charge is 0.508 e. The first-order chi connectivity index (χ1) is 6.24. The highest BCUT2D eigenvalue weighted by atomic mass is 32.2. The van der Waals surface area contributed by atoms with E-state index in [0.29, 0.717) is 5.75 Å². The Bertz CT molecular complexity index is 271. The molecule has 72 valence electrons. The van der Waals surface area contributed by atoms with Crippen molar-refractivity contribution < 1.29 is 5.11 Å². The summed E-state index contributed by atoms with van der Waals surface area (Å²) < 4.78 is 0. The molecule has 0 saturated heterocycles. The van der Waals surface area contributed by atoms with E-state index >= 15 is 0 Å². The lowest BCUT2D eigenvalue weighted by Crippen LogP contribution is -1.83. The smallest absolute Gasteiger partial charge is 0.118 e. The maximum absolute atomic E-state index is 9.45. The molecule has 0 atom stereocenters. The fourth-order valence-electron chi connectivity index (χ4n) is 1.08. The third-order valence-electron chi connectivity index (χ3n) is 1.89. The molecule has 0 heterocycles. The van der Waals surface area contributed by atoms with Crippen molar-refractivity contribution in [2.75, 3.05) is 5.75 Å². The van der Waals surface area contributed by atoms with Gasteiger partial charge in [-0.05, 0) is 36.3 Å². The number of phenols is 1.